The average molecular weight is 260 g/mol. The molecule has 1 amide bonds. The van der Waals surface area contributed by atoms with E-state index in [0.717, 1.165) is 11.8 Å². The van der Waals surface area contributed by atoms with Crippen molar-refractivity contribution in [1.29, 1.82) is 0 Å². The fourth-order valence-corrected chi connectivity index (χ4v) is 1.23. The number of hydrogen-bond acceptors (Lipinski definition) is 5. The molecule has 1 aromatic heterocycles. The molecule has 0 spiro atoms. The minimum atomic E-state index is -0.758. The maximum Gasteiger partial charge on any atom is 0.347 e. The molecule has 2 aromatic rings. The van der Waals surface area contributed by atoms with Gasteiger partial charge >= 0.3 is 6.01 Å². The Morgan fingerprint density at radius 1 is 1.32 bits per heavy atom. The SMILES string of the molecule is O=CNc1nc(O/N=C\c2ccccc2)ncc1F. The molecule has 0 aliphatic rings. The van der Waals surface area contributed by atoms with E-state index in [1.165, 1.54) is 6.21 Å². The summed E-state index contributed by atoms with van der Waals surface area (Å²) in [6, 6.07) is 9.07. The fraction of sp³-hybridized carbons (Fsp3) is 0. The number of aromatic nitrogens is 2. The van der Waals surface area contributed by atoms with Crippen molar-refractivity contribution in [3.63, 3.8) is 0 Å². The van der Waals surface area contributed by atoms with Gasteiger partial charge in [0, 0.05) is 0 Å². The summed E-state index contributed by atoms with van der Waals surface area (Å²) in [5, 5.41) is 5.74. The maximum absolute atomic E-state index is 13.1. The molecule has 0 saturated carbocycles. The van der Waals surface area contributed by atoms with Crippen LogP contribution in [-0.2, 0) is 4.79 Å². The van der Waals surface area contributed by atoms with Crippen molar-refractivity contribution in [3.05, 3.63) is 47.9 Å². The van der Waals surface area contributed by atoms with Crippen LogP contribution in [0.3, 0.4) is 0 Å². The number of benzene rings is 1. The van der Waals surface area contributed by atoms with Crippen molar-refractivity contribution in [2.45, 2.75) is 0 Å². The first-order chi connectivity index (χ1) is 9.29. The number of nitrogens with zero attached hydrogens (tertiary/aromatic N) is 3. The molecular weight excluding hydrogens is 251 g/mol. The van der Waals surface area contributed by atoms with Crippen molar-refractivity contribution in [3.8, 4) is 6.01 Å². The normalized spacial score (nSPS) is 10.4. The monoisotopic (exact) mass is 260 g/mol. The van der Waals surface area contributed by atoms with Crippen LogP contribution in [0.15, 0.2) is 41.7 Å². The highest BCUT2D eigenvalue weighted by Crippen LogP contribution is 2.12. The molecule has 0 unspecified atom stereocenters. The summed E-state index contributed by atoms with van der Waals surface area (Å²) in [5.41, 5.74) is 0.829. The van der Waals surface area contributed by atoms with Gasteiger partial charge in [0.1, 0.15) is 0 Å². The summed E-state index contributed by atoms with van der Waals surface area (Å²) in [4.78, 5) is 22.3. The lowest BCUT2D eigenvalue weighted by molar-refractivity contribution is -0.105. The standard InChI is InChI=1S/C12H9FN4O2/c13-10-7-14-12(17-11(10)15-8-18)19-16-6-9-4-2-1-3-5-9/h1-8H,(H,14,15,17,18)/b16-6-. The van der Waals surface area contributed by atoms with Crippen molar-refractivity contribution >= 4 is 18.4 Å². The van der Waals surface area contributed by atoms with Crippen molar-refractivity contribution in [1.82, 2.24) is 9.97 Å². The smallest absolute Gasteiger partial charge is 0.315 e. The Bertz CT molecular complexity index is 590. The van der Waals surface area contributed by atoms with E-state index in [4.69, 9.17) is 4.84 Å². The van der Waals surface area contributed by atoms with E-state index < -0.39 is 5.82 Å². The van der Waals surface area contributed by atoms with Crippen molar-refractivity contribution in [2.24, 2.45) is 5.16 Å². The molecule has 0 aliphatic carbocycles. The molecule has 0 bridgehead atoms. The Labute approximate surface area is 107 Å². The molecule has 0 atom stereocenters. The van der Waals surface area contributed by atoms with Crippen LogP contribution in [0.4, 0.5) is 10.2 Å². The first kappa shape index (κ1) is 12.6. The molecule has 0 aliphatic heterocycles. The molecule has 19 heavy (non-hydrogen) atoms. The second-order valence-corrected chi connectivity index (χ2v) is 3.35. The van der Waals surface area contributed by atoms with Crippen LogP contribution in [0.2, 0.25) is 0 Å². The van der Waals surface area contributed by atoms with E-state index in [1.54, 1.807) is 0 Å². The highest BCUT2D eigenvalue weighted by Gasteiger charge is 2.06. The number of carbonyl (C=O) groups excluding carboxylic acids is 1. The Morgan fingerprint density at radius 2 is 2.11 bits per heavy atom. The van der Waals surface area contributed by atoms with E-state index in [0.29, 0.717) is 6.41 Å². The number of oxime groups is 1. The van der Waals surface area contributed by atoms with Crippen LogP contribution < -0.4 is 10.2 Å². The van der Waals surface area contributed by atoms with Crippen molar-refractivity contribution in [2.75, 3.05) is 5.32 Å². The van der Waals surface area contributed by atoms with E-state index in [1.807, 2.05) is 30.3 Å². The lowest BCUT2D eigenvalue weighted by Crippen LogP contribution is -2.03. The third-order valence-electron chi connectivity index (χ3n) is 2.05. The number of hydrogen-bond donors (Lipinski definition) is 1. The fourth-order valence-electron chi connectivity index (χ4n) is 1.23. The molecule has 96 valence electrons. The zero-order chi connectivity index (χ0) is 13.5. The zero-order valence-corrected chi connectivity index (χ0v) is 9.65. The maximum atomic E-state index is 13.1. The van der Waals surface area contributed by atoms with Crippen LogP contribution in [0.5, 0.6) is 6.01 Å². The van der Waals surface area contributed by atoms with Crippen molar-refractivity contribution < 1.29 is 14.0 Å². The molecule has 0 saturated heterocycles. The van der Waals surface area contributed by atoms with Gasteiger partial charge in [-0.15, -0.1) is 0 Å². The highest BCUT2D eigenvalue weighted by atomic mass is 19.1. The van der Waals surface area contributed by atoms with E-state index >= 15 is 0 Å². The topological polar surface area (TPSA) is 76.5 Å². The van der Waals surface area contributed by atoms with Gasteiger partial charge in [0.25, 0.3) is 0 Å². The molecule has 1 aromatic carbocycles. The minimum Gasteiger partial charge on any atom is -0.315 e. The Morgan fingerprint density at radius 3 is 2.84 bits per heavy atom. The minimum absolute atomic E-state index is 0.169. The van der Waals surface area contributed by atoms with Gasteiger partial charge in [-0.2, -0.15) is 9.97 Å². The van der Waals surface area contributed by atoms with E-state index in [-0.39, 0.29) is 11.8 Å². The molecule has 0 fully saturated rings. The Kier molecular flexibility index (Phi) is 4.12. The lowest BCUT2D eigenvalue weighted by atomic mass is 10.2. The van der Waals surface area contributed by atoms with Gasteiger partial charge in [-0.05, 0) is 5.56 Å². The van der Waals surface area contributed by atoms with Gasteiger partial charge in [0.2, 0.25) is 6.41 Å². The average Bonchev–Trinajstić information content (AvgIpc) is 2.44. The number of nitrogens with one attached hydrogen (secondary N) is 1. The zero-order valence-electron chi connectivity index (χ0n) is 9.65. The Balaban J connectivity index is 2.05. The quantitative estimate of drug-likeness (QED) is 0.503. The first-order valence-electron chi connectivity index (χ1n) is 5.28. The molecule has 6 nitrogen and oxygen atoms in total. The first-order valence-corrected chi connectivity index (χ1v) is 5.28. The largest absolute Gasteiger partial charge is 0.347 e. The highest BCUT2D eigenvalue weighted by molar-refractivity contribution is 5.78. The number of halogens is 1. The molecule has 0 radical (unpaired) electrons. The molecular formula is C12H9FN4O2. The molecule has 1 N–H and O–H groups in total. The van der Waals surface area contributed by atoms with Crippen LogP contribution in [0.1, 0.15) is 5.56 Å². The van der Waals surface area contributed by atoms with Gasteiger partial charge in [-0.1, -0.05) is 35.5 Å². The van der Waals surface area contributed by atoms with Gasteiger partial charge in [-0.25, -0.2) is 4.39 Å². The Hall–Kier alpha value is -2.83. The summed E-state index contributed by atoms with van der Waals surface area (Å²) in [6.07, 6.45) is 2.65. The summed E-state index contributed by atoms with van der Waals surface area (Å²) in [6.45, 7) is 0. The number of anilines is 1. The third-order valence-corrected chi connectivity index (χ3v) is 2.05. The van der Waals surface area contributed by atoms with Gasteiger partial charge in [-0.3, -0.25) is 4.79 Å². The molecule has 1 heterocycles. The summed E-state index contributed by atoms with van der Waals surface area (Å²) >= 11 is 0. The second kappa shape index (κ2) is 6.20. The number of amides is 1. The van der Waals surface area contributed by atoms with Crippen LogP contribution in [0.25, 0.3) is 0 Å². The predicted molar refractivity (Wildman–Crippen MR) is 66.3 cm³/mol. The third kappa shape index (κ3) is 3.56. The van der Waals surface area contributed by atoms with Crippen LogP contribution in [0, 0.1) is 5.82 Å². The lowest BCUT2D eigenvalue weighted by Gasteiger charge is -2.00. The molecule has 7 heteroatoms. The predicted octanol–water partition coefficient (Wildman–Crippen LogP) is 1.60. The van der Waals surface area contributed by atoms with E-state index in [9.17, 15) is 9.18 Å². The van der Waals surface area contributed by atoms with Gasteiger partial charge in [0.05, 0.1) is 12.4 Å². The van der Waals surface area contributed by atoms with Crippen LogP contribution >= 0.6 is 0 Å². The summed E-state index contributed by atoms with van der Waals surface area (Å²) < 4.78 is 13.1. The number of rotatable bonds is 5. The van der Waals surface area contributed by atoms with Crippen LogP contribution in [-0.4, -0.2) is 22.6 Å². The summed E-state index contributed by atoms with van der Waals surface area (Å²) in [7, 11) is 0. The molecule has 2 rings (SSSR count). The summed E-state index contributed by atoms with van der Waals surface area (Å²) in [5.74, 6) is -1.03. The second-order valence-electron chi connectivity index (χ2n) is 3.35. The van der Waals surface area contributed by atoms with Gasteiger partial charge in [0.15, 0.2) is 11.6 Å². The number of carbonyl (C=O) groups is 1. The van der Waals surface area contributed by atoms with E-state index in [2.05, 4.69) is 20.4 Å². The van der Waals surface area contributed by atoms with Gasteiger partial charge < -0.3 is 10.2 Å².